The summed E-state index contributed by atoms with van der Waals surface area (Å²) in [6.07, 6.45) is 1.49. The molecule has 8 heteroatoms. The maximum Gasteiger partial charge on any atom is 0.317 e. The number of rotatable bonds is 9. The van der Waals surface area contributed by atoms with Gasteiger partial charge in [0.1, 0.15) is 5.82 Å². The molecule has 27 heavy (non-hydrogen) atoms. The Bertz CT molecular complexity index is 650. The van der Waals surface area contributed by atoms with Crippen molar-refractivity contribution in [3.63, 3.8) is 0 Å². The van der Waals surface area contributed by atoms with Gasteiger partial charge < -0.3 is 20.6 Å². The van der Waals surface area contributed by atoms with Crippen molar-refractivity contribution in [2.75, 3.05) is 33.7 Å². The van der Waals surface area contributed by atoms with Gasteiger partial charge in [0.05, 0.1) is 12.6 Å². The predicted molar refractivity (Wildman–Crippen MR) is 101 cm³/mol. The lowest BCUT2D eigenvalue weighted by atomic mass is 9.85. The molecule has 1 aromatic carbocycles. The minimum Gasteiger partial charge on any atom is -0.480 e. The zero-order valence-electron chi connectivity index (χ0n) is 16.1. The van der Waals surface area contributed by atoms with Gasteiger partial charge in [-0.1, -0.05) is 19.1 Å². The normalized spacial score (nSPS) is 20.2. The van der Waals surface area contributed by atoms with E-state index in [1.54, 1.807) is 6.07 Å². The van der Waals surface area contributed by atoms with Crippen LogP contribution in [0.15, 0.2) is 24.3 Å². The van der Waals surface area contributed by atoms with Crippen LogP contribution in [0.25, 0.3) is 0 Å². The summed E-state index contributed by atoms with van der Waals surface area (Å²) < 4.78 is 13.5. The van der Waals surface area contributed by atoms with E-state index < -0.39 is 5.97 Å². The van der Waals surface area contributed by atoms with Crippen molar-refractivity contribution in [1.29, 1.82) is 0 Å². The molecule has 1 aliphatic rings. The standard InChI is InChI=1S/C19H29FN4O3/c1-4-24(12-18(25)26)16-9-15(10-16)22-19(27)21-11-17(23(2)3)13-6-5-7-14(20)8-13/h5-8,15-17H,4,9-12H2,1-3H3,(H,25,26)(H2,21,22,27). The zero-order chi connectivity index (χ0) is 20.0. The van der Waals surface area contributed by atoms with Crippen LogP contribution >= 0.6 is 0 Å². The lowest BCUT2D eigenvalue weighted by molar-refractivity contribution is -0.139. The summed E-state index contributed by atoms with van der Waals surface area (Å²) >= 11 is 0. The molecule has 1 saturated carbocycles. The summed E-state index contributed by atoms with van der Waals surface area (Å²) in [4.78, 5) is 26.9. The van der Waals surface area contributed by atoms with Crippen LogP contribution in [0.1, 0.15) is 31.4 Å². The molecule has 2 rings (SSSR count). The fourth-order valence-electron chi connectivity index (χ4n) is 3.41. The molecule has 0 radical (unpaired) electrons. The van der Waals surface area contributed by atoms with Crippen LogP contribution in [0.2, 0.25) is 0 Å². The van der Waals surface area contributed by atoms with Gasteiger partial charge in [0.2, 0.25) is 0 Å². The molecule has 0 aliphatic heterocycles. The van der Waals surface area contributed by atoms with Gasteiger partial charge in [-0.3, -0.25) is 9.69 Å². The highest BCUT2D eigenvalue weighted by Crippen LogP contribution is 2.25. The van der Waals surface area contributed by atoms with E-state index in [-0.39, 0.29) is 36.5 Å². The number of likely N-dealkylation sites (N-methyl/N-ethyl adjacent to an activating group) is 2. The maximum atomic E-state index is 13.5. The molecular weight excluding hydrogens is 351 g/mol. The van der Waals surface area contributed by atoms with Crippen LogP contribution < -0.4 is 10.6 Å². The highest BCUT2D eigenvalue weighted by molar-refractivity contribution is 5.74. The number of urea groups is 1. The minimum absolute atomic E-state index is 0.0260. The lowest BCUT2D eigenvalue weighted by Gasteiger charge is -2.42. The van der Waals surface area contributed by atoms with Gasteiger partial charge >= 0.3 is 12.0 Å². The van der Waals surface area contributed by atoms with Crippen LogP contribution in [-0.2, 0) is 4.79 Å². The van der Waals surface area contributed by atoms with Crippen LogP contribution in [0.5, 0.6) is 0 Å². The number of amides is 2. The summed E-state index contributed by atoms with van der Waals surface area (Å²) in [7, 11) is 3.76. The van der Waals surface area contributed by atoms with Crippen molar-refractivity contribution in [3.8, 4) is 0 Å². The van der Waals surface area contributed by atoms with Crippen LogP contribution in [0.3, 0.4) is 0 Å². The number of hydrogen-bond donors (Lipinski definition) is 3. The van der Waals surface area contributed by atoms with Crippen LogP contribution in [-0.4, -0.2) is 72.7 Å². The molecule has 0 spiro atoms. The first-order valence-electron chi connectivity index (χ1n) is 9.22. The molecule has 1 aromatic rings. The number of hydrogen-bond acceptors (Lipinski definition) is 4. The number of benzene rings is 1. The van der Waals surface area contributed by atoms with E-state index in [1.165, 1.54) is 12.1 Å². The molecule has 1 unspecified atom stereocenters. The Kier molecular flexibility index (Phi) is 7.55. The number of carbonyl (C=O) groups is 2. The van der Waals surface area contributed by atoms with Gasteiger partial charge in [0.15, 0.2) is 0 Å². The molecule has 7 nitrogen and oxygen atoms in total. The molecule has 1 atom stereocenters. The fraction of sp³-hybridized carbons (Fsp3) is 0.579. The van der Waals surface area contributed by atoms with E-state index in [2.05, 4.69) is 10.6 Å². The summed E-state index contributed by atoms with van der Waals surface area (Å²) in [6, 6.07) is 6.21. The Morgan fingerprint density at radius 2 is 2.04 bits per heavy atom. The average molecular weight is 380 g/mol. The van der Waals surface area contributed by atoms with E-state index in [0.717, 1.165) is 18.4 Å². The molecule has 1 fully saturated rings. The second kappa shape index (κ2) is 9.66. The van der Waals surface area contributed by atoms with E-state index in [0.29, 0.717) is 13.1 Å². The van der Waals surface area contributed by atoms with Crippen molar-refractivity contribution in [3.05, 3.63) is 35.6 Å². The quantitative estimate of drug-likeness (QED) is 0.607. The predicted octanol–water partition coefficient (Wildman–Crippen LogP) is 1.67. The van der Waals surface area contributed by atoms with Gasteiger partial charge in [0, 0.05) is 18.6 Å². The zero-order valence-corrected chi connectivity index (χ0v) is 16.1. The summed E-state index contributed by atoms with van der Waals surface area (Å²) in [6.45, 7) is 3.00. The van der Waals surface area contributed by atoms with E-state index in [9.17, 15) is 14.0 Å². The number of nitrogens with zero attached hydrogens (tertiary/aromatic N) is 2. The number of carbonyl (C=O) groups excluding carboxylic acids is 1. The first-order chi connectivity index (χ1) is 12.8. The Labute approximate surface area is 159 Å². The third-order valence-corrected chi connectivity index (χ3v) is 5.02. The Morgan fingerprint density at radius 3 is 2.59 bits per heavy atom. The van der Waals surface area contributed by atoms with Gasteiger partial charge in [0.25, 0.3) is 0 Å². The molecule has 3 N–H and O–H groups in total. The topological polar surface area (TPSA) is 84.9 Å². The number of aliphatic carboxylic acids is 1. The van der Waals surface area contributed by atoms with Crippen molar-refractivity contribution >= 4 is 12.0 Å². The molecule has 1 aliphatic carbocycles. The third-order valence-electron chi connectivity index (χ3n) is 5.02. The SMILES string of the molecule is CCN(CC(=O)O)C1CC(NC(=O)NCC(c2cccc(F)c2)N(C)C)C1. The number of carboxylic acid groups (broad SMARTS) is 1. The molecule has 150 valence electrons. The van der Waals surface area contributed by atoms with Crippen molar-refractivity contribution in [2.24, 2.45) is 0 Å². The van der Waals surface area contributed by atoms with Gasteiger partial charge in [-0.2, -0.15) is 0 Å². The number of halogens is 1. The van der Waals surface area contributed by atoms with E-state index >= 15 is 0 Å². The third kappa shape index (κ3) is 6.18. The average Bonchev–Trinajstić information content (AvgIpc) is 2.55. The molecule has 0 aromatic heterocycles. The summed E-state index contributed by atoms with van der Waals surface area (Å²) in [5, 5.41) is 14.7. The van der Waals surface area contributed by atoms with Gasteiger partial charge in [-0.15, -0.1) is 0 Å². The number of carboxylic acids is 1. The van der Waals surface area contributed by atoms with Crippen molar-refractivity contribution in [1.82, 2.24) is 20.4 Å². The number of nitrogens with one attached hydrogen (secondary N) is 2. The first kappa shape index (κ1) is 21.1. The van der Waals surface area contributed by atoms with E-state index in [4.69, 9.17) is 5.11 Å². The molecule has 2 amide bonds. The summed E-state index contributed by atoms with van der Waals surface area (Å²) in [5.41, 5.74) is 0.802. The van der Waals surface area contributed by atoms with Crippen molar-refractivity contribution < 1.29 is 19.1 Å². The van der Waals surface area contributed by atoms with E-state index in [1.807, 2.05) is 36.9 Å². The maximum absolute atomic E-state index is 13.5. The minimum atomic E-state index is -0.835. The van der Waals surface area contributed by atoms with Gasteiger partial charge in [-0.05, 0) is 51.2 Å². The van der Waals surface area contributed by atoms with Crippen LogP contribution in [0.4, 0.5) is 9.18 Å². The van der Waals surface area contributed by atoms with Crippen LogP contribution in [0, 0.1) is 5.82 Å². The highest BCUT2D eigenvalue weighted by Gasteiger charge is 2.34. The first-order valence-corrected chi connectivity index (χ1v) is 9.22. The largest absolute Gasteiger partial charge is 0.480 e. The summed E-state index contributed by atoms with van der Waals surface area (Å²) in [5.74, 6) is -1.13. The second-order valence-electron chi connectivity index (χ2n) is 7.17. The Hall–Kier alpha value is -2.19. The smallest absolute Gasteiger partial charge is 0.317 e. The molecule has 0 heterocycles. The molecule has 0 saturated heterocycles. The monoisotopic (exact) mass is 380 g/mol. The second-order valence-corrected chi connectivity index (χ2v) is 7.17. The Balaban J connectivity index is 1.78. The molecular formula is C19H29FN4O3. The molecule has 0 bridgehead atoms. The van der Waals surface area contributed by atoms with Gasteiger partial charge in [-0.25, -0.2) is 9.18 Å². The fourth-order valence-corrected chi connectivity index (χ4v) is 3.41. The highest BCUT2D eigenvalue weighted by atomic mass is 19.1. The Morgan fingerprint density at radius 1 is 1.33 bits per heavy atom. The van der Waals surface area contributed by atoms with Crippen molar-refractivity contribution in [2.45, 2.75) is 37.9 Å². The lowest BCUT2D eigenvalue weighted by Crippen LogP contribution is -2.56.